The van der Waals surface area contributed by atoms with Crippen LogP contribution < -0.4 is 10.6 Å². The van der Waals surface area contributed by atoms with Crippen LogP contribution in [-0.2, 0) is 5.41 Å². The molecule has 1 heterocycles. The molecule has 0 fully saturated rings. The van der Waals surface area contributed by atoms with Gasteiger partial charge in [-0.15, -0.1) is 0 Å². The summed E-state index contributed by atoms with van der Waals surface area (Å²) in [5, 5.41) is 6.30. The molecule has 0 amide bonds. The average Bonchev–Trinajstić information content (AvgIpc) is 2.38. The van der Waals surface area contributed by atoms with Crippen molar-refractivity contribution in [1.82, 2.24) is 9.97 Å². The van der Waals surface area contributed by atoms with Crippen molar-refractivity contribution >= 4 is 17.5 Å². The lowest BCUT2D eigenvalue weighted by atomic mass is 9.86. The monoisotopic (exact) mass is 256 g/mol. The molecule has 0 saturated carbocycles. The van der Waals surface area contributed by atoms with Crippen LogP contribution in [0.2, 0.25) is 0 Å². The molecule has 4 heteroatoms. The number of aromatic nitrogens is 2. The summed E-state index contributed by atoms with van der Waals surface area (Å²) >= 11 is 0. The van der Waals surface area contributed by atoms with E-state index in [2.05, 4.69) is 59.6 Å². The third-order valence-electron chi connectivity index (χ3n) is 2.88. The molecule has 0 unspecified atom stereocenters. The highest BCUT2D eigenvalue weighted by atomic mass is 15.1. The van der Waals surface area contributed by atoms with Crippen molar-refractivity contribution in [2.75, 3.05) is 17.7 Å². The Kier molecular flexibility index (Phi) is 3.69. The van der Waals surface area contributed by atoms with E-state index in [1.165, 1.54) is 5.56 Å². The SMILES string of the molecule is CNc1nccc(Nc2ccccc2C(C)(C)C)n1. The summed E-state index contributed by atoms with van der Waals surface area (Å²) in [6.45, 7) is 6.60. The molecule has 2 aromatic rings. The molecule has 19 heavy (non-hydrogen) atoms. The Morgan fingerprint density at radius 2 is 1.79 bits per heavy atom. The molecular formula is C15H20N4. The Bertz CT molecular complexity index is 558. The van der Waals surface area contributed by atoms with Gasteiger partial charge in [-0.25, -0.2) is 4.98 Å². The zero-order valence-corrected chi connectivity index (χ0v) is 11.9. The predicted octanol–water partition coefficient (Wildman–Crippen LogP) is 3.56. The van der Waals surface area contributed by atoms with Crippen LogP contribution in [0.4, 0.5) is 17.5 Å². The summed E-state index contributed by atoms with van der Waals surface area (Å²) in [6.07, 6.45) is 1.74. The number of anilines is 3. The fourth-order valence-electron chi connectivity index (χ4n) is 1.93. The molecule has 0 radical (unpaired) electrons. The minimum absolute atomic E-state index is 0.0858. The van der Waals surface area contributed by atoms with Crippen LogP contribution >= 0.6 is 0 Å². The van der Waals surface area contributed by atoms with E-state index in [9.17, 15) is 0 Å². The van der Waals surface area contributed by atoms with Gasteiger partial charge in [-0.1, -0.05) is 39.0 Å². The third kappa shape index (κ3) is 3.22. The maximum Gasteiger partial charge on any atom is 0.224 e. The molecule has 1 aromatic carbocycles. The van der Waals surface area contributed by atoms with Gasteiger partial charge in [0.2, 0.25) is 5.95 Å². The van der Waals surface area contributed by atoms with Crippen LogP contribution in [0.5, 0.6) is 0 Å². The van der Waals surface area contributed by atoms with Crippen molar-refractivity contribution in [3.8, 4) is 0 Å². The Hall–Kier alpha value is -2.10. The maximum atomic E-state index is 4.38. The molecule has 0 aliphatic heterocycles. The molecule has 2 rings (SSSR count). The van der Waals surface area contributed by atoms with Crippen molar-refractivity contribution in [3.05, 3.63) is 42.1 Å². The fraction of sp³-hybridized carbons (Fsp3) is 0.333. The summed E-state index contributed by atoms with van der Waals surface area (Å²) in [5.41, 5.74) is 2.43. The first-order chi connectivity index (χ1) is 9.00. The van der Waals surface area contributed by atoms with Gasteiger partial charge in [0.1, 0.15) is 5.82 Å². The number of para-hydroxylation sites is 1. The Morgan fingerprint density at radius 1 is 1.05 bits per heavy atom. The summed E-state index contributed by atoms with van der Waals surface area (Å²) in [4.78, 5) is 8.48. The van der Waals surface area contributed by atoms with Gasteiger partial charge in [0.05, 0.1) is 0 Å². The summed E-state index contributed by atoms with van der Waals surface area (Å²) < 4.78 is 0. The van der Waals surface area contributed by atoms with Crippen molar-refractivity contribution in [1.29, 1.82) is 0 Å². The van der Waals surface area contributed by atoms with Gasteiger partial charge >= 0.3 is 0 Å². The second-order valence-electron chi connectivity index (χ2n) is 5.44. The predicted molar refractivity (Wildman–Crippen MR) is 80.0 cm³/mol. The Labute approximate surface area is 114 Å². The average molecular weight is 256 g/mol. The summed E-state index contributed by atoms with van der Waals surface area (Å²) in [6, 6.07) is 10.2. The van der Waals surface area contributed by atoms with Gasteiger partial charge in [-0.05, 0) is 23.1 Å². The smallest absolute Gasteiger partial charge is 0.224 e. The molecule has 0 aliphatic rings. The zero-order valence-electron chi connectivity index (χ0n) is 11.9. The Balaban J connectivity index is 2.33. The zero-order chi connectivity index (χ0) is 13.9. The van der Waals surface area contributed by atoms with Crippen LogP contribution in [-0.4, -0.2) is 17.0 Å². The van der Waals surface area contributed by atoms with E-state index in [1.54, 1.807) is 6.20 Å². The minimum Gasteiger partial charge on any atom is -0.357 e. The molecular weight excluding hydrogens is 236 g/mol. The van der Waals surface area contributed by atoms with E-state index in [0.717, 1.165) is 11.5 Å². The second-order valence-corrected chi connectivity index (χ2v) is 5.44. The normalized spacial score (nSPS) is 11.2. The standard InChI is InChI=1S/C15H20N4/c1-15(2,3)11-7-5-6-8-12(11)18-13-9-10-17-14(16-4)19-13/h5-10H,1-4H3,(H2,16,17,18,19). The molecule has 0 atom stereocenters. The van der Waals surface area contributed by atoms with Gasteiger partial charge in [0.25, 0.3) is 0 Å². The van der Waals surface area contributed by atoms with E-state index in [1.807, 2.05) is 19.2 Å². The number of benzene rings is 1. The minimum atomic E-state index is 0.0858. The van der Waals surface area contributed by atoms with Gasteiger partial charge in [-0.3, -0.25) is 0 Å². The van der Waals surface area contributed by atoms with E-state index < -0.39 is 0 Å². The van der Waals surface area contributed by atoms with E-state index in [-0.39, 0.29) is 5.41 Å². The lowest BCUT2D eigenvalue weighted by molar-refractivity contribution is 0.592. The Morgan fingerprint density at radius 3 is 2.47 bits per heavy atom. The van der Waals surface area contributed by atoms with Gasteiger partial charge in [-0.2, -0.15) is 4.98 Å². The number of hydrogen-bond acceptors (Lipinski definition) is 4. The molecule has 0 aliphatic carbocycles. The van der Waals surface area contributed by atoms with Crippen LogP contribution in [0.3, 0.4) is 0 Å². The van der Waals surface area contributed by atoms with Crippen LogP contribution in [0.25, 0.3) is 0 Å². The van der Waals surface area contributed by atoms with E-state index in [0.29, 0.717) is 5.95 Å². The van der Waals surface area contributed by atoms with Crippen molar-refractivity contribution in [2.45, 2.75) is 26.2 Å². The maximum absolute atomic E-state index is 4.38. The molecule has 0 bridgehead atoms. The van der Waals surface area contributed by atoms with Crippen molar-refractivity contribution in [2.24, 2.45) is 0 Å². The topological polar surface area (TPSA) is 49.8 Å². The first-order valence-electron chi connectivity index (χ1n) is 6.38. The highest BCUT2D eigenvalue weighted by Gasteiger charge is 2.17. The third-order valence-corrected chi connectivity index (χ3v) is 2.88. The second kappa shape index (κ2) is 5.26. The first-order valence-corrected chi connectivity index (χ1v) is 6.38. The van der Waals surface area contributed by atoms with Gasteiger partial charge in [0.15, 0.2) is 0 Å². The van der Waals surface area contributed by atoms with Gasteiger partial charge < -0.3 is 10.6 Å². The summed E-state index contributed by atoms with van der Waals surface area (Å²) in [5.74, 6) is 1.40. The number of nitrogens with zero attached hydrogens (tertiary/aromatic N) is 2. The van der Waals surface area contributed by atoms with Gasteiger partial charge in [0, 0.05) is 18.9 Å². The lowest BCUT2D eigenvalue weighted by Gasteiger charge is -2.23. The van der Waals surface area contributed by atoms with Crippen LogP contribution in [0.1, 0.15) is 26.3 Å². The van der Waals surface area contributed by atoms with Crippen molar-refractivity contribution in [3.63, 3.8) is 0 Å². The molecule has 4 nitrogen and oxygen atoms in total. The highest BCUT2D eigenvalue weighted by molar-refractivity contribution is 5.62. The van der Waals surface area contributed by atoms with Crippen molar-refractivity contribution < 1.29 is 0 Å². The van der Waals surface area contributed by atoms with Crippen LogP contribution in [0.15, 0.2) is 36.5 Å². The first kappa shape index (κ1) is 13.3. The highest BCUT2D eigenvalue weighted by Crippen LogP contribution is 2.30. The van der Waals surface area contributed by atoms with E-state index in [4.69, 9.17) is 0 Å². The lowest BCUT2D eigenvalue weighted by Crippen LogP contribution is -2.13. The molecule has 1 aromatic heterocycles. The number of hydrogen-bond donors (Lipinski definition) is 2. The van der Waals surface area contributed by atoms with Crippen LogP contribution in [0, 0.1) is 0 Å². The quantitative estimate of drug-likeness (QED) is 0.881. The summed E-state index contributed by atoms with van der Waals surface area (Å²) in [7, 11) is 1.81. The number of nitrogens with one attached hydrogen (secondary N) is 2. The molecule has 0 spiro atoms. The largest absolute Gasteiger partial charge is 0.357 e. The molecule has 2 N–H and O–H groups in total. The fourth-order valence-corrected chi connectivity index (χ4v) is 1.93. The molecule has 100 valence electrons. The van der Waals surface area contributed by atoms with E-state index >= 15 is 0 Å². The number of rotatable bonds is 3. The molecule has 0 saturated heterocycles.